The van der Waals surface area contributed by atoms with Gasteiger partial charge in [-0.25, -0.2) is 9.78 Å². The molecule has 0 radical (unpaired) electrons. The third kappa shape index (κ3) is 1.46. The fourth-order valence-electron chi connectivity index (χ4n) is 0.996. The highest BCUT2D eigenvalue weighted by Crippen LogP contribution is 2.22. The lowest BCUT2D eigenvalue weighted by atomic mass is 10.3. The Labute approximate surface area is 77.9 Å². The average molecular weight is 194 g/mol. The number of hydrogen-bond donors (Lipinski definition) is 2. The molecule has 0 amide bonds. The molecular weight excluding hydrogens is 188 g/mol. The quantitative estimate of drug-likeness (QED) is 0.766. The van der Waals surface area contributed by atoms with Crippen molar-refractivity contribution in [2.24, 2.45) is 0 Å². The number of nitrogens with one attached hydrogen (secondary N) is 1. The first-order chi connectivity index (χ1) is 6.27. The number of carbonyl (C=O) groups is 1. The first kappa shape index (κ1) is 8.00. The lowest BCUT2D eigenvalue weighted by Gasteiger charge is -1.86. The van der Waals surface area contributed by atoms with Crippen molar-refractivity contribution in [2.45, 2.75) is 0 Å². The predicted octanol–water partition coefficient (Wildman–Crippen LogP) is 1.84. The average Bonchev–Trinajstić information content (AvgIpc) is 2.75. The Morgan fingerprint density at radius 3 is 3.00 bits per heavy atom. The van der Waals surface area contributed by atoms with Crippen molar-refractivity contribution in [1.82, 2.24) is 9.97 Å². The summed E-state index contributed by atoms with van der Waals surface area (Å²) in [5.74, 6) is -0.202. The fraction of sp³-hybridized carbons (Fsp3) is 0. The molecule has 0 unspecified atom stereocenters. The summed E-state index contributed by atoms with van der Waals surface area (Å²) in [5, 5.41) is 10.4. The number of carboxylic acid groups (broad SMARTS) is 1. The molecule has 0 bridgehead atoms. The molecular formula is C8H6N2O2S. The van der Waals surface area contributed by atoms with E-state index in [1.165, 1.54) is 11.3 Å². The van der Waals surface area contributed by atoms with Gasteiger partial charge in [-0.2, -0.15) is 0 Å². The van der Waals surface area contributed by atoms with E-state index in [0.717, 1.165) is 5.56 Å². The van der Waals surface area contributed by atoms with Crippen LogP contribution in [0.3, 0.4) is 0 Å². The molecule has 0 saturated carbocycles. The Morgan fingerprint density at radius 2 is 2.46 bits per heavy atom. The first-order valence-corrected chi connectivity index (χ1v) is 4.47. The number of rotatable bonds is 2. The van der Waals surface area contributed by atoms with Gasteiger partial charge in [-0.05, 0) is 6.07 Å². The maximum atomic E-state index is 10.6. The van der Waals surface area contributed by atoms with Crippen LogP contribution in [0.4, 0.5) is 0 Å². The zero-order valence-electron chi connectivity index (χ0n) is 6.52. The van der Waals surface area contributed by atoms with Crippen LogP contribution in [-0.2, 0) is 0 Å². The summed E-state index contributed by atoms with van der Waals surface area (Å²) in [4.78, 5) is 17.8. The fourth-order valence-corrected chi connectivity index (χ4v) is 1.73. The number of hydrogen-bond acceptors (Lipinski definition) is 3. The van der Waals surface area contributed by atoms with Crippen LogP contribution in [0, 0.1) is 0 Å². The largest absolute Gasteiger partial charge is 0.477 e. The molecule has 0 saturated heterocycles. The van der Waals surface area contributed by atoms with Crippen LogP contribution in [0.5, 0.6) is 0 Å². The summed E-state index contributed by atoms with van der Waals surface area (Å²) in [6.07, 6.45) is 3.33. The number of nitrogens with zero attached hydrogens (tertiary/aromatic N) is 1. The molecule has 4 nitrogen and oxygen atoms in total. The molecule has 2 N–H and O–H groups in total. The van der Waals surface area contributed by atoms with Crippen LogP contribution in [-0.4, -0.2) is 21.0 Å². The standard InChI is InChI=1S/C8H6N2O2S/c11-8(12)6-3-5(4-13-6)7-9-1-2-10-7/h1-4H,(H,9,10)(H,11,12). The summed E-state index contributed by atoms with van der Waals surface area (Å²) in [5.41, 5.74) is 0.812. The monoisotopic (exact) mass is 194 g/mol. The third-order valence-corrected chi connectivity index (χ3v) is 2.50. The van der Waals surface area contributed by atoms with Gasteiger partial charge in [-0.15, -0.1) is 11.3 Å². The van der Waals surface area contributed by atoms with Crippen molar-refractivity contribution in [2.75, 3.05) is 0 Å². The summed E-state index contributed by atoms with van der Waals surface area (Å²) >= 11 is 1.20. The van der Waals surface area contributed by atoms with E-state index in [4.69, 9.17) is 5.11 Å². The Morgan fingerprint density at radius 1 is 1.62 bits per heavy atom. The van der Waals surface area contributed by atoms with Crippen LogP contribution in [0.25, 0.3) is 11.4 Å². The molecule has 5 heteroatoms. The minimum absolute atomic E-state index is 0.325. The Hall–Kier alpha value is -1.62. The molecule has 66 valence electrons. The highest BCUT2D eigenvalue weighted by atomic mass is 32.1. The van der Waals surface area contributed by atoms with Crippen LogP contribution in [0.15, 0.2) is 23.8 Å². The zero-order chi connectivity index (χ0) is 9.26. The van der Waals surface area contributed by atoms with Gasteiger partial charge in [-0.1, -0.05) is 0 Å². The SMILES string of the molecule is O=C(O)c1cc(-c2ncc[nH]2)cs1. The van der Waals surface area contributed by atoms with Crippen molar-refractivity contribution in [3.05, 3.63) is 28.7 Å². The Kier molecular flexibility index (Phi) is 1.86. The second kappa shape index (κ2) is 3.02. The molecule has 0 fully saturated rings. The van der Waals surface area contributed by atoms with Gasteiger partial charge in [0, 0.05) is 23.3 Å². The molecule has 0 aliphatic carbocycles. The third-order valence-electron chi connectivity index (χ3n) is 1.58. The lowest BCUT2D eigenvalue weighted by molar-refractivity contribution is 0.0702. The molecule has 13 heavy (non-hydrogen) atoms. The van der Waals surface area contributed by atoms with E-state index >= 15 is 0 Å². The van der Waals surface area contributed by atoms with Gasteiger partial charge in [0.1, 0.15) is 10.7 Å². The van der Waals surface area contributed by atoms with Gasteiger partial charge in [0.2, 0.25) is 0 Å². The summed E-state index contributed by atoms with van der Waals surface area (Å²) in [7, 11) is 0. The smallest absolute Gasteiger partial charge is 0.345 e. The molecule has 2 rings (SSSR count). The normalized spacial score (nSPS) is 10.2. The predicted molar refractivity (Wildman–Crippen MR) is 48.9 cm³/mol. The number of aromatic amines is 1. The number of imidazole rings is 1. The van der Waals surface area contributed by atoms with Crippen LogP contribution >= 0.6 is 11.3 Å². The highest BCUT2D eigenvalue weighted by molar-refractivity contribution is 7.12. The number of aromatic nitrogens is 2. The van der Waals surface area contributed by atoms with Crippen molar-refractivity contribution in [3.8, 4) is 11.4 Å². The molecule has 0 aliphatic heterocycles. The van der Waals surface area contributed by atoms with E-state index in [2.05, 4.69) is 9.97 Å². The van der Waals surface area contributed by atoms with E-state index in [-0.39, 0.29) is 0 Å². The minimum Gasteiger partial charge on any atom is -0.477 e. The molecule has 2 aromatic rings. The van der Waals surface area contributed by atoms with Crippen LogP contribution in [0.2, 0.25) is 0 Å². The molecule has 0 aliphatic rings. The second-order valence-corrected chi connectivity index (χ2v) is 3.35. The number of carboxylic acids is 1. The number of thiophene rings is 1. The van der Waals surface area contributed by atoms with Crippen LogP contribution < -0.4 is 0 Å². The molecule has 2 heterocycles. The first-order valence-electron chi connectivity index (χ1n) is 3.59. The second-order valence-electron chi connectivity index (χ2n) is 2.44. The number of H-pyrrole nitrogens is 1. The van der Waals surface area contributed by atoms with Gasteiger partial charge in [0.25, 0.3) is 0 Å². The maximum absolute atomic E-state index is 10.6. The van der Waals surface area contributed by atoms with Gasteiger partial charge in [-0.3, -0.25) is 0 Å². The van der Waals surface area contributed by atoms with Gasteiger partial charge in [0.15, 0.2) is 0 Å². The summed E-state index contributed by atoms with van der Waals surface area (Å²) < 4.78 is 0. The maximum Gasteiger partial charge on any atom is 0.345 e. The molecule has 0 atom stereocenters. The van der Waals surface area contributed by atoms with Gasteiger partial charge < -0.3 is 10.1 Å². The van der Waals surface area contributed by atoms with Crippen molar-refractivity contribution in [1.29, 1.82) is 0 Å². The van der Waals surface area contributed by atoms with Crippen molar-refractivity contribution < 1.29 is 9.90 Å². The van der Waals surface area contributed by atoms with E-state index < -0.39 is 5.97 Å². The summed E-state index contributed by atoms with van der Waals surface area (Å²) in [6, 6.07) is 1.60. The lowest BCUT2D eigenvalue weighted by Crippen LogP contribution is -1.90. The Bertz CT molecular complexity index is 419. The summed E-state index contributed by atoms with van der Waals surface area (Å²) in [6.45, 7) is 0. The number of aromatic carboxylic acids is 1. The van der Waals surface area contributed by atoms with E-state index in [9.17, 15) is 4.79 Å². The van der Waals surface area contributed by atoms with Crippen molar-refractivity contribution >= 4 is 17.3 Å². The minimum atomic E-state index is -0.900. The molecule has 2 aromatic heterocycles. The molecule has 0 aromatic carbocycles. The van der Waals surface area contributed by atoms with E-state index in [1.54, 1.807) is 23.8 Å². The zero-order valence-corrected chi connectivity index (χ0v) is 7.34. The van der Waals surface area contributed by atoms with Crippen LogP contribution in [0.1, 0.15) is 9.67 Å². The molecule has 0 spiro atoms. The van der Waals surface area contributed by atoms with E-state index in [0.29, 0.717) is 10.7 Å². The Balaban J connectivity index is 2.39. The van der Waals surface area contributed by atoms with Crippen molar-refractivity contribution in [3.63, 3.8) is 0 Å². The van der Waals surface area contributed by atoms with E-state index in [1.807, 2.05) is 0 Å². The topological polar surface area (TPSA) is 66.0 Å². The van der Waals surface area contributed by atoms with Gasteiger partial charge in [0.05, 0.1) is 0 Å². The van der Waals surface area contributed by atoms with Gasteiger partial charge >= 0.3 is 5.97 Å². The highest BCUT2D eigenvalue weighted by Gasteiger charge is 2.08.